The van der Waals surface area contributed by atoms with E-state index in [1.165, 1.54) is 12.8 Å². The second-order valence-electron chi connectivity index (χ2n) is 4.41. The van der Waals surface area contributed by atoms with Crippen LogP contribution in [0.25, 0.3) is 0 Å². The van der Waals surface area contributed by atoms with Gasteiger partial charge in [0.25, 0.3) is 0 Å². The summed E-state index contributed by atoms with van der Waals surface area (Å²) in [5.74, 6) is 1.83. The van der Waals surface area contributed by atoms with Crippen molar-refractivity contribution in [3.05, 3.63) is 18.7 Å². The summed E-state index contributed by atoms with van der Waals surface area (Å²) in [5.41, 5.74) is 0. The molecule has 0 radical (unpaired) electrons. The van der Waals surface area contributed by atoms with Gasteiger partial charge >= 0.3 is 0 Å². The number of nitrogens with zero attached hydrogens (tertiary/aromatic N) is 3. The topological polar surface area (TPSA) is 62.3 Å². The lowest BCUT2D eigenvalue weighted by Crippen LogP contribution is -2.29. The summed E-state index contributed by atoms with van der Waals surface area (Å²) < 4.78 is 5.22. The lowest BCUT2D eigenvalue weighted by molar-refractivity contribution is 0.397. The highest BCUT2D eigenvalue weighted by Crippen LogP contribution is 2.22. The predicted molar refractivity (Wildman–Crippen MR) is 84.5 cm³/mol. The molecule has 0 atom stereocenters. The Kier molecular flexibility index (Phi) is 5.11. The molecule has 1 saturated heterocycles. The first-order valence-electron chi connectivity index (χ1n) is 6.56. The Hall–Kier alpha value is -1.89. The SMILES string of the molecule is C=CCNC(=S)Nc1nc(OC)cc(N2CCCC2)n1. The highest BCUT2D eigenvalue weighted by Gasteiger charge is 2.16. The number of hydrogen-bond donors (Lipinski definition) is 2. The molecule has 7 heteroatoms. The maximum atomic E-state index is 5.22. The van der Waals surface area contributed by atoms with E-state index in [-0.39, 0.29) is 0 Å². The monoisotopic (exact) mass is 293 g/mol. The normalized spacial score (nSPS) is 13.9. The van der Waals surface area contributed by atoms with Gasteiger partial charge in [0.15, 0.2) is 5.11 Å². The first-order valence-corrected chi connectivity index (χ1v) is 6.97. The van der Waals surface area contributed by atoms with Crippen LogP contribution in [0.4, 0.5) is 11.8 Å². The van der Waals surface area contributed by atoms with Crippen molar-refractivity contribution in [1.82, 2.24) is 15.3 Å². The number of methoxy groups -OCH3 is 1. The predicted octanol–water partition coefficient (Wildman–Crippen LogP) is 1.56. The minimum Gasteiger partial charge on any atom is -0.481 e. The van der Waals surface area contributed by atoms with Crippen LogP contribution in [0.2, 0.25) is 0 Å². The minimum absolute atomic E-state index is 0.438. The van der Waals surface area contributed by atoms with Gasteiger partial charge in [-0.1, -0.05) is 6.08 Å². The molecule has 2 N–H and O–H groups in total. The fourth-order valence-electron chi connectivity index (χ4n) is 1.99. The van der Waals surface area contributed by atoms with Crippen LogP contribution in [0.1, 0.15) is 12.8 Å². The molecule has 2 rings (SSSR count). The van der Waals surface area contributed by atoms with E-state index in [9.17, 15) is 0 Å². The van der Waals surface area contributed by atoms with Crippen LogP contribution in [-0.2, 0) is 0 Å². The molecule has 6 nitrogen and oxygen atoms in total. The average Bonchev–Trinajstić information content (AvgIpc) is 2.99. The van der Waals surface area contributed by atoms with Crippen molar-refractivity contribution in [3.8, 4) is 5.88 Å². The van der Waals surface area contributed by atoms with Gasteiger partial charge < -0.3 is 20.3 Å². The zero-order chi connectivity index (χ0) is 14.4. The van der Waals surface area contributed by atoms with Crippen molar-refractivity contribution in [3.63, 3.8) is 0 Å². The number of thiocarbonyl (C=S) groups is 1. The Labute approximate surface area is 124 Å². The number of anilines is 2. The molecule has 1 aromatic rings. The third-order valence-electron chi connectivity index (χ3n) is 2.96. The second-order valence-corrected chi connectivity index (χ2v) is 4.82. The third-order valence-corrected chi connectivity index (χ3v) is 3.21. The van der Waals surface area contributed by atoms with Crippen LogP contribution >= 0.6 is 12.2 Å². The Bertz CT molecular complexity index is 488. The third kappa shape index (κ3) is 3.80. The molecule has 0 spiro atoms. The molecular weight excluding hydrogens is 274 g/mol. The summed E-state index contributed by atoms with van der Waals surface area (Å²) in [7, 11) is 1.59. The first-order chi connectivity index (χ1) is 9.72. The maximum absolute atomic E-state index is 5.22. The molecule has 0 saturated carbocycles. The fraction of sp³-hybridized carbons (Fsp3) is 0.462. The van der Waals surface area contributed by atoms with Gasteiger partial charge in [-0.05, 0) is 25.1 Å². The molecule has 108 valence electrons. The van der Waals surface area contributed by atoms with Crippen LogP contribution in [-0.4, -0.2) is 41.8 Å². The summed E-state index contributed by atoms with van der Waals surface area (Å²) in [4.78, 5) is 10.9. The fourth-order valence-corrected chi connectivity index (χ4v) is 2.17. The molecule has 20 heavy (non-hydrogen) atoms. The lowest BCUT2D eigenvalue weighted by atomic mass is 10.4. The molecule has 0 amide bonds. The van der Waals surface area contributed by atoms with Gasteiger partial charge in [0, 0.05) is 25.7 Å². The Morgan fingerprint density at radius 3 is 2.90 bits per heavy atom. The molecule has 0 bridgehead atoms. The van der Waals surface area contributed by atoms with E-state index >= 15 is 0 Å². The standard InChI is InChI=1S/C13H19N5OS/c1-3-6-14-13(20)17-12-15-10(9-11(16-12)19-2)18-7-4-5-8-18/h3,9H,1,4-8H2,2H3,(H2,14,15,16,17,20). The van der Waals surface area contributed by atoms with Gasteiger partial charge in [0.2, 0.25) is 11.8 Å². The molecule has 2 heterocycles. The molecular formula is C13H19N5OS. The van der Waals surface area contributed by atoms with E-state index in [1.54, 1.807) is 13.2 Å². The van der Waals surface area contributed by atoms with E-state index in [1.807, 2.05) is 6.07 Å². The van der Waals surface area contributed by atoms with Crippen molar-refractivity contribution >= 4 is 29.1 Å². The minimum atomic E-state index is 0.438. The summed E-state index contributed by atoms with van der Waals surface area (Å²) in [6.07, 6.45) is 4.11. The first kappa shape index (κ1) is 14.5. The summed E-state index contributed by atoms with van der Waals surface area (Å²) in [5, 5.41) is 6.40. The number of hydrogen-bond acceptors (Lipinski definition) is 5. The zero-order valence-corrected chi connectivity index (χ0v) is 12.4. The van der Waals surface area contributed by atoms with Crippen LogP contribution in [0.5, 0.6) is 5.88 Å². The van der Waals surface area contributed by atoms with E-state index in [0.717, 1.165) is 18.9 Å². The highest BCUT2D eigenvalue weighted by molar-refractivity contribution is 7.80. The van der Waals surface area contributed by atoms with Gasteiger partial charge in [0.1, 0.15) is 5.82 Å². The van der Waals surface area contributed by atoms with Crippen molar-refractivity contribution in [2.45, 2.75) is 12.8 Å². The Morgan fingerprint density at radius 2 is 2.25 bits per heavy atom. The van der Waals surface area contributed by atoms with Crippen molar-refractivity contribution in [2.24, 2.45) is 0 Å². The Balaban J connectivity index is 2.12. The quantitative estimate of drug-likeness (QED) is 0.631. The van der Waals surface area contributed by atoms with Crippen LogP contribution in [0.3, 0.4) is 0 Å². The zero-order valence-electron chi connectivity index (χ0n) is 11.6. The molecule has 0 aromatic carbocycles. The number of aromatic nitrogens is 2. The smallest absolute Gasteiger partial charge is 0.234 e. The van der Waals surface area contributed by atoms with Crippen LogP contribution in [0, 0.1) is 0 Å². The van der Waals surface area contributed by atoms with E-state index in [2.05, 4.69) is 32.1 Å². The van der Waals surface area contributed by atoms with E-state index in [0.29, 0.717) is 23.5 Å². The molecule has 1 aliphatic rings. The number of nitrogens with one attached hydrogen (secondary N) is 2. The van der Waals surface area contributed by atoms with Gasteiger partial charge in [-0.3, -0.25) is 0 Å². The summed E-state index contributed by atoms with van der Waals surface area (Å²) in [6.45, 7) is 6.24. The molecule has 1 aromatic heterocycles. The van der Waals surface area contributed by atoms with Gasteiger partial charge in [0.05, 0.1) is 7.11 Å². The van der Waals surface area contributed by atoms with Gasteiger partial charge in [-0.25, -0.2) is 0 Å². The largest absolute Gasteiger partial charge is 0.481 e. The van der Waals surface area contributed by atoms with Gasteiger partial charge in [-0.2, -0.15) is 9.97 Å². The maximum Gasteiger partial charge on any atom is 0.234 e. The number of rotatable bonds is 5. The molecule has 1 fully saturated rings. The summed E-state index contributed by atoms with van der Waals surface area (Å²) in [6, 6.07) is 1.84. The number of ether oxygens (including phenoxy) is 1. The molecule has 0 aliphatic carbocycles. The van der Waals surface area contributed by atoms with Crippen LogP contribution < -0.4 is 20.3 Å². The van der Waals surface area contributed by atoms with Crippen molar-refractivity contribution in [1.29, 1.82) is 0 Å². The van der Waals surface area contributed by atoms with Crippen molar-refractivity contribution in [2.75, 3.05) is 37.0 Å². The second kappa shape index (κ2) is 7.04. The van der Waals surface area contributed by atoms with Gasteiger partial charge in [-0.15, -0.1) is 6.58 Å². The molecule has 1 aliphatic heterocycles. The summed E-state index contributed by atoms with van der Waals surface area (Å²) >= 11 is 5.15. The average molecular weight is 293 g/mol. The molecule has 0 unspecified atom stereocenters. The lowest BCUT2D eigenvalue weighted by Gasteiger charge is -2.18. The van der Waals surface area contributed by atoms with E-state index < -0.39 is 0 Å². The van der Waals surface area contributed by atoms with E-state index in [4.69, 9.17) is 17.0 Å². The van der Waals surface area contributed by atoms with Crippen molar-refractivity contribution < 1.29 is 4.74 Å². The highest BCUT2D eigenvalue weighted by atomic mass is 32.1. The van der Waals surface area contributed by atoms with Crippen LogP contribution in [0.15, 0.2) is 18.7 Å². The Morgan fingerprint density at radius 1 is 1.50 bits per heavy atom.